The zero-order chi connectivity index (χ0) is 9.68. The van der Waals surface area contributed by atoms with Gasteiger partial charge in [0.1, 0.15) is 0 Å². The predicted molar refractivity (Wildman–Crippen MR) is 59.8 cm³/mol. The van der Waals surface area contributed by atoms with Crippen molar-refractivity contribution in [3.8, 4) is 0 Å². The van der Waals surface area contributed by atoms with E-state index in [2.05, 4.69) is 6.92 Å². The normalized spacial score (nSPS) is 38.5. The van der Waals surface area contributed by atoms with Crippen molar-refractivity contribution in [3.63, 3.8) is 0 Å². The topological polar surface area (TPSA) is 0 Å². The average Bonchev–Trinajstić information content (AvgIpc) is 2.11. The van der Waals surface area contributed by atoms with Gasteiger partial charge in [-0.3, -0.25) is 0 Å². The molecule has 0 radical (unpaired) electrons. The summed E-state index contributed by atoms with van der Waals surface area (Å²) in [6, 6.07) is 0. The van der Waals surface area contributed by atoms with Gasteiger partial charge in [0.2, 0.25) is 0 Å². The molecule has 0 N–H and O–H groups in total. The Bertz CT molecular complexity index is 124. The molecule has 3 aliphatic carbocycles. The van der Waals surface area contributed by atoms with Gasteiger partial charge in [0.15, 0.2) is 0 Å². The molecule has 0 aromatic rings. The van der Waals surface area contributed by atoms with E-state index in [0.29, 0.717) is 0 Å². The summed E-state index contributed by atoms with van der Waals surface area (Å²) in [5, 5.41) is 0. The van der Waals surface area contributed by atoms with Crippen molar-refractivity contribution in [2.45, 2.75) is 65.7 Å². The molecule has 78 valence electrons. The molecule has 3 unspecified atom stereocenters. The van der Waals surface area contributed by atoms with E-state index in [4.69, 9.17) is 0 Å². The molecule has 2 bridgehead atoms. The standard InChI is InChI=1S/C11H20.C2H6/c1-9-8-10-4-2-3-5-11(9)7-6-10;1-2/h9-11H,2-8H2,1H3;1-2H3. The van der Waals surface area contributed by atoms with Crippen molar-refractivity contribution in [2.75, 3.05) is 0 Å². The number of hydrogen-bond acceptors (Lipinski definition) is 0. The molecule has 3 atom stereocenters. The first-order chi connectivity index (χ1) is 6.36. The van der Waals surface area contributed by atoms with Gasteiger partial charge in [-0.25, -0.2) is 0 Å². The van der Waals surface area contributed by atoms with E-state index in [1.807, 2.05) is 13.8 Å². The minimum atomic E-state index is 1.05. The van der Waals surface area contributed by atoms with Crippen LogP contribution in [0.3, 0.4) is 0 Å². The van der Waals surface area contributed by atoms with Crippen LogP contribution >= 0.6 is 0 Å². The van der Waals surface area contributed by atoms with Crippen LogP contribution in [-0.4, -0.2) is 0 Å². The molecule has 13 heavy (non-hydrogen) atoms. The van der Waals surface area contributed by atoms with Gasteiger partial charge in [0.25, 0.3) is 0 Å². The molecule has 0 aromatic carbocycles. The zero-order valence-electron chi connectivity index (χ0n) is 9.68. The summed E-state index contributed by atoms with van der Waals surface area (Å²) in [6.45, 7) is 6.47. The summed E-state index contributed by atoms with van der Waals surface area (Å²) in [5.74, 6) is 3.27. The summed E-state index contributed by atoms with van der Waals surface area (Å²) >= 11 is 0. The third-order valence-electron chi connectivity index (χ3n) is 3.89. The maximum absolute atomic E-state index is 2.47. The van der Waals surface area contributed by atoms with Crippen molar-refractivity contribution in [1.29, 1.82) is 0 Å². The first-order valence-electron chi connectivity index (χ1n) is 6.36. The van der Waals surface area contributed by atoms with Gasteiger partial charge < -0.3 is 0 Å². The monoisotopic (exact) mass is 182 g/mol. The van der Waals surface area contributed by atoms with Gasteiger partial charge in [-0.05, 0) is 30.6 Å². The molecule has 0 heterocycles. The fourth-order valence-corrected chi connectivity index (χ4v) is 3.10. The minimum Gasteiger partial charge on any atom is -0.0683 e. The summed E-state index contributed by atoms with van der Waals surface area (Å²) in [5.41, 5.74) is 0. The molecule has 0 aliphatic heterocycles. The van der Waals surface area contributed by atoms with E-state index in [0.717, 1.165) is 17.8 Å². The Morgan fingerprint density at radius 2 is 1.54 bits per heavy atom. The van der Waals surface area contributed by atoms with Crippen molar-refractivity contribution in [3.05, 3.63) is 0 Å². The Kier molecular flexibility index (Phi) is 4.83. The molecule has 0 spiro atoms. The van der Waals surface area contributed by atoms with Gasteiger partial charge in [0, 0.05) is 0 Å². The fraction of sp³-hybridized carbons (Fsp3) is 1.00. The van der Waals surface area contributed by atoms with Crippen LogP contribution in [0.5, 0.6) is 0 Å². The van der Waals surface area contributed by atoms with E-state index >= 15 is 0 Å². The van der Waals surface area contributed by atoms with E-state index < -0.39 is 0 Å². The third kappa shape index (κ3) is 3.00. The average molecular weight is 182 g/mol. The van der Waals surface area contributed by atoms with Crippen LogP contribution in [0.15, 0.2) is 0 Å². The Morgan fingerprint density at radius 1 is 0.846 bits per heavy atom. The number of rotatable bonds is 0. The first kappa shape index (κ1) is 11.1. The molecule has 3 rings (SSSR count). The predicted octanol–water partition coefficient (Wildman–Crippen LogP) is 4.64. The molecular weight excluding hydrogens is 156 g/mol. The summed E-state index contributed by atoms with van der Waals surface area (Å²) in [4.78, 5) is 0. The lowest BCUT2D eigenvalue weighted by Gasteiger charge is -2.36. The highest BCUT2D eigenvalue weighted by molar-refractivity contribution is 4.80. The third-order valence-corrected chi connectivity index (χ3v) is 3.89. The van der Waals surface area contributed by atoms with Crippen molar-refractivity contribution in [2.24, 2.45) is 17.8 Å². The van der Waals surface area contributed by atoms with Crippen LogP contribution in [0, 0.1) is 17.8 Å². The molecule has 3 fully saturated rings. The minimum absolute atomic E-state index is 1.05. The molecule has 0 heteroatoms. The van der Waals surface area contributed by atoms with Crippen LogP contribution in [0.2, 0.25) is 0 Å². The van der Waals surface area contributed by atoms with Crippen molar-refractivity contribution >= 4 is 0 Å². The number of fused-ring (bicyclic) bond motifs is 5. The maximum Gasteiger partial charge on any atom is -0.0388 e. The van der Waals surface area contributed by atoms with Gasteiger partial charge in [0.05, 0.1) is 0 Å². The largest absolute Gasteiger partial charge is 0.0683 e. The summed E-state index contributed by atoms with van der Waals surface area (Å²) in [6.07, 6.45) is 10.8. The molecule has 0 aromatic heterocycles. The maximum atomic E-state index is 2.47. The number of hydrogen-bond donors (Lipinski definition) is 0. The molecule has 3 aliphatic rings. The molecule has 0 amide bonds. The van der Waals surface area contributed by atoms with Crippen molar-refractivity contribution in [1.82, 2.24) is 0 Å². The molecular formula is C13H26. The van der Waals surface area contributed by atoms with Gasteiger partial charge >= 0.3 is 0 Å². The first-order valence-corrected chi connectivity index (χ1v) is 6.36. The Hall–Kier alpha value is 0. The highest BCUT2D eigenvalue weighted by atomic mass is 14.3. The Labute approximate surface area is 84.1 Å². The van der Waals surface area contributed by atoms with Crippen LogP contribution in [0.1, 0.15) is 65.7 Å². The van der Waals surface area contributed by atoms with E-state index in [1.54, 1.807) is 19.3 Å². The van der Waals surface area contributed by atoms with E-state index in [1.165, 1.54) is 25.7 Å². The zero-order valence-corrected chi connectivity index (χ0v) is 9.68. The van der Waals surface area contributed by atoms with Crippen LogP contribution < -0.4 is 0 Å². The van der Waals surface area contributed by atoms with Crippen LogP contribution in [-0.2, 0) is 0 Å². The highest BCUT2D eigenvalue weighted by Crippen LogP contribution is 2.40. The molecule has 3 saturated carbocycles. The second-order valence-corrected chi connectivity index (χ2v) is 4.70. The van der Waals surface area contributed by atoms with Crippen LogP contribution in [0.25, 0.3) is 0 Å². The lowest BCUT2D eigenvalue weighted by atomic mass is 9.69. The van der Waals surface area contributed by atoms with E-state index in [9.17, 15) is 0 Å². The van der Waals surface area contributed by atoms with Crippen molar-refractivity contribution < 1.29 is 0 Å². The second kappa shape index (κ2) is 5.67. The SMILES string of the molecule is CC.CC1CC2CCCCC1CC2. The van der Waals surface area contributed by atoms with Gasteiger partial charge in [-0.15, -0.1) is 0 Å². The van der Waals surface area contributed by atoms with Crippen LogP contribution in [0.4, 0.5) is 0 Å². The Morgan fingerprint density at radius 3 is 2.23 bits per heavy atom. The van der Waals surface area contributed by atoms with Gasteiger partial charge in [-0.1, -0.05) is 52.9 Å². The Balaban J connectivity index is 0.000000396. The molecule has 0 nitrogen and oxygen atoms in total. The lowest BCUT2D eigenvalue weighted by molar-refractivity contribution is 0.151. The summed E-state index contributed by atoms with van der Waals surface area (Å²) < 4.78 is 0. The van der Waals surface area contributed by atoms with E-state index in [-0.39, 0.29) is 0 Å². The fourth-order valence-electron chi connectivity index (χ4n) is 3.10. The summed E-state index contributed by atoms with van der Waals surface area (Å²) in [7, 11) is 0. The highest BCUT2D eigenvalue weighted by Gasteiger charge is 2.28. The second-order valence-electron chi connectivity index (χ2n) is 4.70. The smallest absolute Gasteiger partial charge is 0.0388 e. The quantitative estimate of drug-likeness (QED) is 0.512. The molecule has 0 saturated heterocycles. The van der Waals surface area contributed by atoms with Gasteiger partial charge in [-0.2, -0.15) is 0 Å². The lowest BCUT2D eigenvalue weighted by Crippen LogP contribution is -2.25.